The van der Waals surface area contributed by atoms with Gasteiger partial charge in [-0.25, -0.2) is 0 Å². The predicted octanol–water partition coefficient (Wildman–Crippen LogP) is 2.79. The summed E-state index contributed by atoms with van der Waals surface area (Å²) in [7, 11) is 0. The van der Waals surface area contributed by atoms with E-state index in [1.54, 1.807) is 0 Å². The van der Waals surface area contributed by atoms with Crippen molar-refractivity contribution < 1.29 is 13.9 Å². The molecule has 0 saturated carbocycles. The van der Waals surface area contributed by atoms with Crippen LogP contribution >= 0.6 is 0 Å². The van der Waals surface area contributed by atoms with E-state index >= 15 is 0 Å². The zero-order chi connectivity index (χ0) is 14.8. The van der Waals surface area contributed by atoms with Gasteiger partial charge in [-0.05, 0) is 38.3 Å². The van der Waals surface area contributed by atoms with E-state index in [-0.39, 0.29) is 18.0 Å². The van der Waals surface area contributed by atoms with E-state index in [9.17, 15) is 4.79 Å². The first-order valence-corrected chi connectivity index (χ1v) is 6.97. The van der Waals surface area contributed by atoms with Gasteiger partial charge < -0.3 is 9.15 Å². The molecule has 1 fully saturated rings. The average molecular weight is 287 g/mol. The van der Waals surface area contributed by atoms with E-state index in [4.69, 9.17) is 9.15 Å². The van der Waals surface area contributed by atoms with E-state index in [1.165, 1.54) is 0 Å². The Bertz CT molecular complexity index is 660. The molecule has 1 aromatic heterocycles. The highest BCUT2D eigenvalue weighted by molar-refractivity contribution is 6.04. The first kappa shape index (κ1) is 13.8. The number of nitrogens with one attached hydrogen (secondary N) is 1. The Morgan fingerprint density at radius 3 is 2.95 bits per heavy atom. The molecular formula is C15H17N3O3. The highest BCUT2D eigenvalue weighted by Crippen LogP contribution is 2.28. The molecule has 1 atom stereocenters. The molecule has 3 rings (SSSR count). The molecule has 1 aliphatic heterocycles. The largest absolute Gasteiger partial charge is 0.405 e. The molecular weight excluding hydrogens is 270 g/mol. The Morgan fingerprint density at radius 2 is 2.19 bits per heavy atom. The SMILES string of the molecule is Cc1ccc(C)c(C(=O)Nc2nnc(C3CCCO3)o2)c1. The van der Waals surface area contributed by atoms with Crippen LogP contribution in [0.1, 0.15) is 46.3 Å². The summed E-state index contributed by atoms with van der Waals surface area (Å²) in [6, 6.07) is 5.82. The summed E-state index contributed by atoms with van der Waals surface area (Å²) in [5, 5.41) is 10.4. The molecule has 1 N–H and O–H groups in total. The van der Waals surface area contributed by atoms with Gasteiger partial charge in [0.15, 0.2) is 0 Å². The fraction of sp³-hybridized carbons (Fsp3) is 0.400. The second-order valence-electron chi connectivity index (χ2n) is 5.22. The highest BCUT2D eigenvalue weighted by Gasteiger charge is 2.24. The van der Waals surface area contributed by atoms with Crippen LogP contribution in [0.5, 0.6) is 0 Å². The number of carbonyl (C=O) groups is 1. The smallest absolute Gasteiger partial charge is 0.322 e. The van der Waals surface area contributed by atoms with E-state index in [2.05, 4.69) is 15.5 Å². The molecule has 0 aliphatic carbocycles. The molecule has 2 heterocycles. The lowest BCUT2D eigenvalue weighted by Crippen LogP contribution is -2.13. The zero-order valence-corrected chi connectivity index (χ0v) is 12.0. The van der Waals surface area contributed by atoms with Crippen LogP contribution < -0.4 is 5.32 Å². The first-order chi connectivity index (χ1) is 10.1. The average Bonchev–Trinajstić information content (AvgIpc) is 3.11. The van der Waals surface area contributed by atoms with Crippen LogP contribution in [0.25, 0.3) is 0 Å². The maximum atomic E-state index is 12.2. The molecule has 1 unspecified atom stereocenters. The number of aryl methyl sites for hydroxylation is 2. The van der Waals surface area contributed by atoms with Crippen molar-refractivity contribution in [3.63, 3.8) is 0 Å². The minimum Gasteiger partial charge on any atom is -0.405 e. The normalized spacial score (nSPS) is 17.9. The van der Waals surface area contributed by atoms with Gasteiger partial charge in [-0.1, -0.05) is 22.8 Å². The summed E-state index contributed by atoms with van der Waals surface area (Å²) in [4.78, 5) is 12.2. The van der Waals surface area contributed by atoms with Gasteiger partial charge in [-0.2, -0.15) is 0 Å². The van der Waals surface area contributed by atoms with E-state index in [1.807, 2.05) is 32.0 Å². The number of hydrogen-bond donors (Lipinski definition) is 1. The Labute approximate surface area is 122 Å². The number of amides is 1. The molecule has 0 bridgehead atoms. The molecule has 21 heavy (non-hydrogen) atoms. The minimum atomic E-state index is -0.251. The number of rotatable bonds is 3. The second kappa shape index (κ2) is 5.65. The molecule has 110 valence electrons. The number of ether oxygens (including phenoxy) is 1. The quantitative estimate of drug-likeness (QED) is 0.939. The van der Waals surface area contributed by atoms with Crippen LogP contribution in [-0.2, 0) is 4.74 Å². The number of nitrogens with zero attached hydrogens (tertiary/aromatic N) is 2. The lowest BCUT2D eigenvalue weighted by atomic mass is 10.1. The third kappa shape index (κ3) is 2.95. The topological polar surface area (TPSA) is 77.2 Å². The third-order valence-corrected chi connectivity index (χ3v) is 3.50. The van der Waals surface area contributed by atoms with Crippen LogP contribution in [0.2, 0.25) is 0 Å². The Kier molecular flexibility index (Phi) is 3.70. The molecule has 1 aromatic carbocycles. The number of aromatic nitrogens is 2. The summed E-state index contributed by atoms with van der Waals surface area (Å²) >= 11 is 0. The molecule has 1 saturated heterocycles. The van der Waals surface area contributed by atoms with Crippen LogP contribution in [0.15, 0.2) is 22.6 Å². The van der Waals surface area contributed by atoms with Crippen molar-refractivity contribution in [2.24, 2.45) is 0 Å². The maximum absolute atomic E-state index is 12.2. The van der Waals surface area contributed by atoms with Crippen molar-refractivity contribution in [1.82, 2.24) is 10.2 Å². The van der Waals surface area contributed by atoms with Crippen molar-refractivity contribution in [3.8, 4) is 0 Å². The third-order valence-electron chi connectivity index (χ3n) is 3.50. The lowest BCUT2D eigenvalue weighted by molar-refractivity contribution is 0.0893. The molecule has 2 aromatic rings. The van der Waals surface area contributed by atoms with E-state index in [0.717, 1.165) is 24.0 Å². The van der Waals surface area contributed by atoms with Crippen molar-refractivity contribution in [3.05, 3.63) is 40.8 Å². The highest BCUT2D eigenvalue weighted by atomic mass is 16.5. The summed E-state index contributed by atoms with van der Waals surface area (Å²) in [6.45, 7) is 4.54. The Morgan fingerprint density at radius 1 is 1.33 bits per heavy atom. The zero-order valence-electron chi connectivity index (χ0n) is 12.0. The summed E-state index contributed by atoms with van der Waals surface area (Å²) in [6.07, 6.45) is 1.70. The molecule has 1 amide bonds. The minimum absolute atomic E-state index is 0.103. The summed E-state index contributed by atoms with van der Waals surface area (Å²) in [5.41, 5.74) is 2.53. The maximum Gasteiger partial charge on any atom is 0.322 e. The molecule has 1 aliphatic rings. The van der Waals surface area contributed by atoms with Crippen molar-refractivity contribution >= 4 is 11.9 Å². The number of carbonyl (C=O) groups excluding carboxylic acids is 1. The van der Waals surface area contributed by atoms with Gasteiger partial charge >= 0.3 is 6.01 Å². The van der Waals surface area contributed by atoms with Crippen LogP contribution in [0.4, 0.5) is 6.01 Å². The summed E-state index contributed by atoms with van der Waals surface area (Å²) in [5.74, 6) is 0.169. The van der Waals surface area contributed by atoms with Crippen LogP contribution in [0.3, 0.4) is 0 Å². The van der Waals surface area contributed by atoms with Gasteiger partial charge in [0.1, 0.15) is 6.10 Å². The van der Waals surface area contributed by atoms with Gasteiger partial charge in [0, 0.05) is 12.2 Å². The van der Waals surface area contributed by atoms with E-state index in [0.29, 0.717) is 18.1 Å². The van der Waals surface area contributed by atoms with Gasteiger partial charge in [0.2, 0.25) is 5.89 Å². The number of anilines is 1. The molecule has 6 heteroatoms. The van der Waals surface area contributed by atoms with Gasteiger partial charge in [-0.3, -0.25) is 10.1 Å². The lowest BCUT2D eigenvalue weighted by Gasteiger charge is -2.06. The predicted molar refractivity (Wildman–Crippen MR) is 76.1 cm³/mol. The van der Waals surface area contributed by atoms with E-state index < -0.39 is 0 Å². The van der Waals surface area contributed by atoms with Gasteiger partial charge in [0.05, 0.1) is 0 Å². The second-order valence-corrected chi connectivity index (χ2v) is 5.22. The monoisotopic (exact) mass is 287 g/mol. The number of hydrogen-bond acceptors (Lipinski definition) is 5. The van der Waals surface area contributed by atoms with Crippen LogP contribution in [0, 0.1) is 13.8 Å². The first-order valence-electron chi connectivity index (χ1n) is 6.97. The van der Waals surface area contributed by atoms with Gasteiger partial charge in [-0.15, -0.1) is 5.10 Å². The van der Waals surface area contributed by atoms with Crippen molar-refractivity contribution in [2.45, 2.75) is 32.8 Å². The van der Waals surface area contributed by atoms with Crippen molar-refractivity contribution in [1.29, 1.82) is 0 Å². The molecule has 0 radical (unpaired) electrons. The van der Waals surface area contributed by atoms with Crippen LogP contribution in [-0.4, -0.2) is 22.7 Å². The molecule has 0 spiro atoms. The Hall–Kier alpha value is -2.21. The standard InChI is InChI=1S/C15H17N3O3/c1-9-5-6-10(2)11(8-9)13(19)16-15-18-17-14(21-15)12-4-3-7-20-12/h5-6,8,12H,3-4,7H2,1-2H3,(H,16,18,19). The van der Waals surface area contributed by atoms with Gasteiger partial charge in [0.25, 0.3) is 5.91 Å². The number of benzene rings is 1. The van der Waals surface area contributed by atoms with Crippen molar-refractivity contribution in [2.75, 3.05) is 11.9 Å². The fourth-order valence-electron chi connectivity index (χ4n) is 2.33. The fourth-order valence-corrected chi connectivity index (χ4v) is 2.33. The Balaban J connectivity index is 1.74. The summed E-state index contributed by atoms with van der Waals surface area (Å²) < 4.78 is 10.9. The molecule has 6 nitrogen and oxygen atoms in total.